The smallest absolute Gasteiger partial charge is 0.407 e. The fraction of sp³-hybridized carbons (Fsp3) is 0.857. The van der Waals surface area contributed by atoms with Crippen molar-refractivity contribution in [2.75, 3.05) is 6.54 Å². The molecule has 0 aromatic heterocycles. The SMILES string of the molecule is CC(C)(C)OC(=O)NCC1CCC(CCC(=O)O)C1. The van der Waals surface area contributed by atoms with Crippen LogP contribution in [0.4, 0.5) is 4.79 Å². The molecule has 1 amide bonds. The van der Waals surface area contributed by atoms with Crippen LogP contribution in [0.5, 0.6) is 0 Å². The number of hydrogen-bond donors (Lipinski definition) is 2. The number of rotatable bonds is 5. The molecule has 5 nitrogen and oxygen atoms in total. The zero-order valence-electron chi connectivity index (χ0n) is 12.1. The van der Waals surface area contributed by atoms with E-state index in [1.54, 1.807) is 0 Å². The Bertz CT molecular complexity index is 322. The number of ether oxygens (including phenoxy) is 1. The lowest BCUT2D eigenvalue weighted by atomic mass is 10.00. The molecule has 0 spiro atoms. The summed E-state index contributed by atoms with van der Waals surface area (Å²) in [5.41, 5.74) is -0.468. The molecule has 19 heavy (non-hydrogen) atoms. The molecule has 0 aromatic carbocycles. The van der Waals surface area contributed by atoms with Crippen molar-refractivity contribution in [2.45, 2.75) is 58.5 Å². The van der Waals surface area contributed by atoms with Crippen LogP contribution in [0.3, 0.4) is 0 Å². The van der Waals surface area contributed by atoms with Gasteiger partial charge in [0.1, 0.15) is 5.60 Å². The molecule has 1 rings (SSSR count). The zero-order valence-corrected chi connectivity index (χ0v) is 12.1. The van der Waals surface area contributed by atoms with Gasteiger partial charge in [-0.2, -0.15) is 0 Å². The molecule has 5 heteroatoms. The minimum atomic E-state index is -0.727. The molecule has 1 aliphatic rings. The van der Waals surface area contributed by atoms with Crippen LogP contribution in [0.1, 0.15) is 52.9 Å². The molecule has 0 aliphatic heterocycles. The average Bonchev–Trinajstić information content (AvgIpc) is 2.69. The molecule has 0 aromatic rings. The van der Waals surface area contributed by atoms with Crippen LogP contribution in [0, 0.1) is 11.8 Å². The highest BCUT2D eigenvalue weighted by atomic mass is 16.6. The second-order valence-corrected chi connectivity index (χ2v) is 6.36. The average molecular weight is 271 g/mol. The number of alkyl carbamates (subject to hydrolysis) is 1. The van der Waals surface area contributed by atoms with Gasteiger partial charge in [0.15, 0.2) is 0 Å². The molecule has 2 unspecified atom stereocenters. The lowest BCUT2D eigenvalue weighted by molar-refractivity contribution is -0.137. The highest BCUT2D eigenvalue weighted by Crippen LogP contribution is 2.33. The van der Waals surface area contributed by atoms with Gasteiger partial charge in [-0.3, -0.25) is 4.79 Å². The van der Waals surface area contributed by atoms with E-state index in [9.17, 15) is 9.59 Å². The maximum absolute atomic E-state index is 11.5. The lowest BCUT2D eigenvalue weighted by Crippen LogP contribution is -2.34. The van der Waals surface area contributed by atoms with Crippen LogP contribution in [-0.4, -0.2) is 29.3 Å². The third kappa shape index (κ3) is 7.03. The summed E-state index contributed by atoms with van der Waals surface area (Å²) in [5.74, 6) is 0.211. The van der Waals surface area contributed by atoms with Crippen LogP contribution < -0.4 is 5.32 Å². The molecule has 1 aliphatic carbocycles. The predicted molar refractivity (Wildman–Crippen MR) is 71.9 cm³/mol. The van der Waals surface area contributed by atoms with E-state index in [1.807, 2.05) is 20.8 Å². The van der Waals surface area contributed by atoms with Gasteiger partial charge in [-0.1, -0.05) is 6.42 Å². The van der Waals surface area contributed by atoms with Crippen LogP contribution in [0.2, 0.25) is 0 Å². The highest BCUT2D eigenvalue weighted by Gasteiger charge is 2.26. The van der Waals surface area contributed by atoms with Crippen molar-refractivity contribution < 1.29 is 19.4 Å². The number of nitrogens with one attached hydrogen (secondary N) is 1. The van der Waals surface area contributed by atoms with Gasteiger partial charge in [-0.15, -0.1) is 0 Å². The summed E-state index contributed by atoms with van der Waals surface area (Å²) in [6.45, 7) is 6.14. The van der Waals surface area contributed by atoms with Crippen LogP contribution >= 0.6 is 0 Å². The van der Waals surface area contributed by atoms with Gasteiger partial charge in [0.05, 0.1) is 0 Å². The Balaban J connectivity index is 2.18. The van der Waals surface area contributed by atoms with Crippen LogP contribution in [0.15, 0.2) is 0 Å². The summed E-state index contributed by atoms with van der Waals surface area (Å²) < 4.78 is 5.18. The van der Waals surface area contributed by atoms with Crippen LogP contribution in [0.25, 0.3) is 0 Å². The van der Waals surface area contributed by atoms with E-state index in [0.717, 1.165) is 25.7 Å². The third-order valence-electron chi connectivity index (χ3n) is 3.35. The molecule has 2 N–H and O–H groups in total. The van der Waals surface area contributed by atoms with Gasteiger partial charge in [0.2, 0.25) is 0 Å². The second-order valence-electron chi connectivity index (χ2n) is 6.36. The Hall–Kier alpha value is -1.26. The van der Waals surface area contributed by atoms with E-state index < -0.39 is 11.6 Å². The molecule has 0 radical (unpaired) electrons. The maximum Gasteiger partial charge on any atom is 0.407 e. The van der Waals surface area contributed by atoms with Crippen molar-refractivity contribution in [3.05, 3.63) is 0 Å². The molecule has 2 atom stereocenters. The summed E-state index contributed by atoms with van der Waals surface area (Å²) in [4.78, 5) is 22.0. The van der Waals surface area contributed by atoms with Crippen molar-refractivity contribution in [3.63, 3.8) is 0 Å². The largest absolute Gasteiger partial charge is 0.481 e. The van der Waals surface area contributed by atoms with Gasteiger partial charge in [-0.25, -0.2) is 4.79 Å². The van der Waals surface area contributed by atoms with E-state index in [4.69, 9.17) is 9.84 Å². The first-order chi connectivity index (χ1) is 8.76. The first-order valence-electron chi connectivity index (χ1n) is 6.95. The van der Waals surface area contributed by atoms with Crippen molar-refractivity contribution in [2.24, 2.45) is 11.8 Å². The molecule has 1 fully saturated rings. The fourth-order valence-corrected chi connectivity index (χ4v) is 2.50. The molecule has 110 valence electrons. The predicted octanol–water partition coefficient (Wildman–Crippen LogP) is 2.79. The van der Waals surface area contributed by atoms with Gasteiger partial charge < -0.3 is 15.2 Å². The first kappa shape index (κ1) is 15.8. The molecular formula is C14H25NO4. The van der Waals surface area contributed by atoms with Gasteiger partial charge >= 0.3 is 12.1 Å². The number of hydrogen-bond acceptors (Lipinski definition) is 3. The molecule has 0 saturated heterocycles. The number of carboxylic acid groups (broad SMARTS) is 1. The number of aliphatic carboxylic acids is 1. The van der Waals surface area contributed by atoms with E-state index in [1.165, 1.54) is 0 Å². The zero-order chi connectivity index (χ0) is 14.5. The molecule has 1 saturated carbocycles. The minimum absolute atomic E-state index is 0.247. The van der Waals surface area contributed by atoms with Gasteiger partial charge in [0.25, 0.3) is 0 Å². The summed E-state index contributed by atoms with van der Waals surface area (Å²) in [6.07, 6.45) is 3.74. The van der Waals surface area contributed by atoms with Crippen LogP contribution in [-0.2, 0) is 9.53 Å². The highest BCUT2D eigenvalue weighted by molar-refractivity contribution is 5.67. The maximum atomic E-state index is 11.5. The molecule has 0 bridgehead atoms. The topological polar surface area (TPSA) is 75.6 Å². The van der Waals surface area contributed by atoms with Crippen molar-refractivity contribution in [1.29, 1.82) is 0 Å². The van der Waals surface area contributed by atoms with E-state index in [2.05, 4.69) is 5.32 Å². The second kappa shape index (κ2) is 6.78. The Morgan fingerprint density at radius 1 is 1.26 bits per heavy atom. The van der Waals surface area contributed by atoms with E-state index in [0.29, 0.717) is 18.4 Å². The molecular weight excluding hydrogens is 246 g/mol. The van der Waals surface area contributed by atoms with E-state index >= 15 is 0 Å². The minimum Gasteiger partial charge on any atom is -0.481 e. The number of carboxylic acids is 1. The quantitative estimate of drug-likeness (QED) is 0.806. The number of amides is 1. The molecule has 0 heterocycles. The summed E-state index contributed by atoms with van der Waals surface area (Å²) in [7, 11) is 0. The Morgan fingerprint density at radius 2 is 1.89 bits per heavy atom. The normalized spacial score (nSPS) is 23.1. The summed E-state index contributed by atoms with van der Waals surface area (Å²) in [5, 5.41) is 11.4. The lowest BCUT2D eigenvalue weighted by Gasteiger charge is -2.20. The van der Waals surface area contributed by atoms with Crippen molar-refractivity contribution in [3.8, 4) is 0 Å². The Morgan fingerprint density at radius 3 is 2.47 bits per heavy atom. The Labute approximate surface area is 114 Å². The Kier molecular flexibility index (Phi) is 5.63. The third-order valence-corrected chi connectivity index (χ3v) is 3.35. The van der Waals surface area contributed by atoms with Gasteiger partial charge in [-0.05, 0) is 51.9 Å². The standard InChI is InChI=1S/C14H25NO4/c1-14(2,3)19-13(18)15-9-11-5-4-10(8-11)6-7-12(16)17/h10-11H,4-9H2,1-3H3,(H,15,18)(H,16,17). The monoisotopic (exact) mass is 271 g/mol. The van der Waals surface area contributed by atoms with Crippen molar-refractivity contribution >= 4 is 12.1 Å². The fourth-order valence-electron chi connectivity index (χ4n) is 2.50. The van der Waals surface area contributed by atoms with E-state index in [-0.39, 0.29) is 12.5 Å². The first-order valence-corrected chi connectivity index (χ1v) is 6.95. The number of carbonyl (C=O) groups is 2. The van der Waals surface area contributed by atoms with Gasteiger partial charge in [0, 0.05) is 13.0 Å². The van der Waals surface area contributed by atoms with Crippen molar-refractivity contribution in [1.82, 2.24) is 5.32 Å². The summed E-state index contributed by atoms with van der Waals surface area (Å²) in [6, 6.07) is 0. The summed E-state index contributed by atoms with van der Waals surface area (Å²) >= 11 is 0. The number of carbonyl (C=O) groups excluding carboxylic acids is 1.